The van der Waals surface area contributed by atoms with Gasteiger partial charge < -0.3 is 4.74 Å². The zero-order chi connectivity index (χ0) is 19.6. The smallest absolute Gasteiger partial charge is 0.408 e. The first-order valence-corrected chi connectivity index (χ1v) is 8.59. The Hall–Kier alpha value is -2.13. The minimum Gasteiger partial charge on any atom is -0.408 e. The molecule has 0 fully saturated rings. The van der Waals surface area contributed by atoms with E-state index in [1.54, 1.807) is 6.92 Å². The molecule has 0 amide bonds. The quantitative estimate of drug-likeness (QED) is 0.700. The summed E-state index contributed by atoms with van der Waals surface area (Å²) >= 11 is 6.65. The highest BCUT2D eigenvalue weighted by Crippen LogP contribution is 2.36. The maximum absolute atomic E-state index is 13.0. The van der Waals surface area contributed by atoms with Crippen molar-refractivity contribution in [2.24, 2.45) is 4.99 Å². The summed E-state index contributed by atoms with van der Waals surface area (Å²) in [4.78, 5) is 28.1. The summed E-state index contributed by atoms with van der Waals surface area (Å²) in [5, 5.41) is -0.447. The molecule has 5 nitrogen and oxygen atoms in total. The summed E-state index contributed by atoms with van der Waals surface area (Å²) in [6.45, 7) is 4.21. The molecular formula is C16H14ClF3N2O3S. The van der Waals surface area contributed by atoms with Gasteiger partial charge in [0.2, 0.25) is 11.8 Å². The molecule has 0 unspecified atom stereocenters. The first-order valence-electron chi connectivity index (χ1n) is 7.40. The third-order valence-electron chi connectivity index (χ3n) is 3.20. The zero-order valence-electron chi connectivity index (χ0n) is 14.0. The predicted octanol–water partition coefficient (Wildman–Crippen LogP) is 4.60. The molecule has 0 saturated heterocycles. The minimum absolute atomic E-state index is 0.0289. The lowest BCUT2D eigenvalue weighted by atomic mass is 10.2. The van der Waals surface area contributed by atoms with Crippen molar-refractivity contribution in [3.05, 3.63) is 38.5 Å². The van der Waals surface area contributed by atoms with Gasteiger partial charge in [-0.25, -0.2) is 9.56 Å². The van der Waals surface area contributed by atoms with E-state index in [1.807, 2.05) is 0 Å². The number of carbonyl (C=O) groups is 2. The molecule has 0 saturated carbocycles. The Morgan fingerprint density at radius 2 is 1.96 bits per heavy atom. The van der Waals surface area contributed by atoms with E-state index in [4.69, 9.17) is 16.3 Å². The largest absolute Gasteiger partial charge is 0.417 e. The molecule has 0 aliphatic carbocycles. The minimum atomic E-state index is -4.63. The fraction of sp³-hybridized carbons (Fsp3) is 0.312. The highest BCUT2D eigenvalue weighted by atomic mass is 35.5. The van der Waals surface area contributed by atoms with Gasteiger partial charge >= 0.3 is 12.1 Å². The van der Waals surface area contributed by atoms with E-state index in [1.165, 1.54) is 19.9 Å². The number of aryl methyl sites for hydroxylation is 1. The van der Waals surface area contributed by atoms with Crippen molar-refractivity contribution < 1.29 is 27.5 Å². The standard InChI is InChI=1S/C16H14ClF3N2O3S/c1-4-13-14(25-9(3)24)22(8(2)23)15(26-13)21-10-5-6-12(17)11(7-10)16(18,19)20/h5-7H,4H2,1-3H3. The van der Waals surface area contributed by atoms with Crippen LogP contribution in [-0.4, -0.2) is 16.4 Å². The molecule has 10 heteroatoms. The maximum atomic E-state index is 13.0. The van der Waals surface area contributed by atoms with Crippen LogP contribution in [0.5, 0.6) is 5.88 Å². The molecule has 2 rings (SSSR count). The van der Waals surface area contributed by atoms with Gasteiger partial charge in [0.05, 0.1) is 21.2 Å². The van der Waals surface area contributed by atoms with Crippen LogP contribution in [0.1, 0.15) is 36.0 Å². The lowest BCUT2D eigenvalue weighted by molar-refractivity contribution is -0.137. The molecule has 0 radical (unpaired) electrons. The van der Waals surface area contributed by atoms with E-state index in [0.29, 0.717) is 11.3 Å². The van der Waals surface area contributed by atoms with Crippen molar-refractivity contribution >= 4 is 40.5 Å². The molecular weight excluding hydrogens is 393 g/mol. The molecule has 0 aliphatic rings. The van der Waals surface area contributed by atoms with Gasteiger partial charge in [-0.15, -0.1) is 0 Å². The van der Waals surface area contributed by atoms with E-state index in [-0.39, 0.29) is 16.4 Å². The molecule has 2 aromatic rings. The summed E-state index contributed by atoms with van der Waals surface area (Å²) < 4.78 is 45.2. The summed E-state index contributed by atoms with van der Waals surface area (Å²) in [5.74, 6) is -1.08. The van der Waals surface area contributed by atoms with E-state index >= 15 is 0 Å². The van der Waals surface area contributed by atoms with Crippen molar-refractivity contribution in [3.8, 4) is 5.88 Å². The number of hydrogen-bond acceptors (Lipinski definition) is 5. The highest BCUT2D eigenvalue weighted by Gasteiger charge is 2.33. The number of alkyl halides is 3. The normalized spacial score (nSPS) is 12.3. The molecule has 1 heterocycles. The van der Waals surface area contributed by atoms with Gasteiger partial charge in [0, 0.05) is 13.8 Å². The molecule has 0 N–H and O–H groups in total. The summed E-state index contributed by atoms with van der Waals surface area (Å²) in [6, 6.07) is 3.19. The van der Waals surface area contributed by atoms with E-state index < -0.39 is 28.6 Å². The number of thiazole rings is 1. The van der Waals surface area contributed by atoms with Crippen molar-refractivity contribution in [1.29, 1.82) is 0 Å². The third kappa shape index (κ3) is 4.34. The van der Waals surface area contributed by atoms with Gasteiger partial charge in [-0.3, -0.25) is 9.59 Å². The molecule has 26 heavy (non-hydrogen) atoms. The topological polar surface area (TPSA) is 60.7 Å². The third-order valence-corrected chi connectivity index (χ3v) is 4.70. The van der Waals surface area contributed by atoms with E-state index in [0.717, 1.165) is 28.0 Å². The summed E-state index contributed by atoms with van der Waals surface area (Å²) in [5.41, 5.74) is -1.06. The van der Waals surface area contributed by atoms with Crippen LogP contribution in [0.4, 0.5) is 18.9 Å². The van der Waals surface area contributed by atoms with Crippen molar-refractivity contribution in [3.63, 3.8) is 0 Å². The Morgan fingerprint density at radius 3 is 2.46 bits per heavy atom. The molecule has 1 aromatic heterocycles. The van der Waals surface area contributed by atoms with Crippen LogP contribution in [-0.2, 0) is 17.4 Å². The molecule has 1 aromatic carbocycles. The van der Waals surface area contributed by atoms with Crippen LogP contribution in [0.3, 0.4) is 0 Å². The van der Waals surface area contributed by atoms with Crippen LogP contribution in [0.2, 0.25) is 5.02 Å². The molecule has 0 bridgehead atoms. The first kappa shape index (κ1) is 20.2. The number of esters is 1. The fourth-order valence-corrected chi connectivity index (χ4v) is 3.40. The number of ether oxygens (including phenoxy) is 1. The van der Waals surface area contributed by atoms with Crippen LogP contribution < -0.4 is 9.54 Å². The highest BCUT2D eigenvalue weighted by molar-refractivity contribution is 7.09. The first-order chi connectivity index (χ1) is 12.0. The summed E-state index contributed by atoms with van der Waals surface area (Å²) in [7, 11) is 0. The summed E-state index contributed by atoms with van der Waals surface area (Å²) in [6.07, 6.45) is -4.18. The Kier molecular flexibility index (Phi) is 5.92. The zero-order valence-corrected chi connectivity index (χ0v) is 15.6. The Labute approximate surface area is 155 Å². The van der Waals surface area contributed by atoms with E-state index in [2.05, 4.69) is 4.99 Å². The van der Waals surface area contributed by atoms with Crippen LogP contribution in [0.25, 0.3) is 0 Å². The lowest BCUT2D eigenvalue weighted by Crippen LogP contribution is -2.22. The Morgan fingerprint density at radius 1 is 1.31 bits per heavy atom. The number of nitrogens with zero attached hydrogens (tertiary/aromatic N) is 2. The number of halogens is 4. The van der Waals surface area contributed by atoms with Crippen molar-refractivity contribution in [2.75, 3.05) is 0 Å². The van der Waals surface area contributed by atoms with Crippen molar-refractivity contribution in [2.45, 2.75) is 33.4 Å². The second-order valence-electron chi connectivity index (χ2n) is 5.19. The Bertz CT molecular complexity index is 932. The second kappa shape index (κ2) is 7.63. The van der Waals surface area contributed by atoms with Gasteiger partial charge in [0.25, 0.3) is 0 Å². The average Bonchev–Trinajstić information content (AvgIpc) is 2.84. The van der Waals surface area contributed by atoms with Crippen LogP contribution >= 0.6 is 22.9 Å². The molecule has 140 valence electrons. The van der Waals surface area contributed by atoms with Gasteiger partial charge in [-0.2, -0.15) is 13.2 Å². The Balaban J connectivity index is 2.70. The molecule has 0 aliphatic heterocycles. The number of carbonyl (C=O) groups excluding carboxylic acids is 2. The number of rotatable bonds is 3. The van der Waals surface area contributed by atoms with Crippen molar-refractivity contribution in [1.82, 2.24) is 4.57 Å². The van der Waals surface area contributed by atoms with Crippen LogP contribution in [0.15, 0.2) is 23.2 Å². The maximum Gasteiger partial charge on any atom is 0.417 e. The number of benzene rings is 1. The number of hydrogen-bond donors (Lipinski definition) is 0. The monoisotopic (exact) mass is 406 g/mol. The second-order valence-corrected chi connectivity index (χ2v) is 6.66. The van der Waals surface area contributed by atoms with Gasteiger partial charge in [-0.1, -0.05) is 29.9 Å². The molecule has 0 atom stereocenters. The number of aromatic nitrogens is 1. The van der Waals surface area contributed by atoms with Gasteiger partial charge in [0.15, 0.2) is 4.80 Å². The average molecular weight is 407 g/mol. The lowest BCUT2D eigenvalue weighted by Gasteiger charge is -2.09. The van der Waals surface area contributed by atoms with Gasteiger partial charge in [0.1, 0.15) is 0 Å². The predicted molar refractivity (Wildman–Crippen MR) is 91.0 cm³/mol. The fourth-order valence-electron chi connectivity index (χ4n) is 2.13. The SMILES string of the molecule is CCc1sc(=Nc2ccc(Cl)c(C(F)(F)F)c2)n(C(C)=O)c1OC(C)=O. The molecule has 0 spiro atoms. The van der Waals surface area contributed by atoms with Crippen LogP contribution in [0, 0.1) is 0 Å². The van der Waals surface area contributed by atoms with E-state index in [9.17, 15) is 22.8 Å². The van der Waals surface area contributed by atoms with Gasteiger partial charge in [-0.05, 0) is 24.6 Å².